The molecule has 2 unspecified atom stereocenters. The predicted octanol–water partition coefficient (Wildman–Crippen LogP) is 2.59. The lowest BCUT2D eigenvalue weighted by molar-refractivity contribution is 0.0165. The smallest absolute Gasteiger partial charge is 0.314 e. The first kappa shape index (κ1) is 18.2. The first-order chi connectivity index (χ1) is 10.9. The summed E-state index contributed by atoms with van der Waals surface area (Å²) in [6, 6.07) is 4.22. The predicted molar refractivity (Wildman–Crippen MR) is 94.7 cm³/mol. The van der Waals surface area contributed by atoms with E-state index in [2.05, 4.69) is 33.0 Å². The average Bonchev–Trinajstić information content (AvgIpc) is 3.19. The minimum Gasteiger partial charge on any atom is -0.388 e. The molecule has 23 heavy (non-hydrogen) atoms. The summed E-state index contributed by atoms with van der Waals surface area (Å²) in [7, 11) is 0. The van der Waals surface area contributed by atoms with Gasteiger partial charge in [-0.1, -0.05) is 19.9 Å². The number of hydrogen-bond donors (Lipinski definition) is 3. The number of carbonyl (C=O) groups is 1. The molecule has 3 N–H and O–H groups in total. The van der Waals surface area contributed by atoms with E-state index in [1.807, 2.05) is 13.8 Å². The monoisotopic (exact) mass is 339 g/mol. The zero-order valence-corrected chi connectivity index (χ0v) is 15.2. The highest BCUT2D eigenvalue weighted by atomic mass is 32.1. The molecule has 130 valence electrons. The van der Waals surface area contributed by atoms with Crippen molar-refractivity contribution in [2.45, 2.75) is 45.3 Å². The number of thiophene rings is 1. The summed E-state index contributed by atoms with van der Waals surface area (Å²) in [5, 5.41) is 18.0. The van der Waals surface area contributed by atoms with E-state index in [0.717, 1.165) is 13.1 Å². The Labute approximate surface area is 143 Å². The van der Waals surface area contributed by atoms with Crippen LogP contribution in [0.1, 0.15) is 44.5 Å². The van der Waals surface area contributed by atoms with Crippen molar-refractivity contribution < 1.29 is 9.90 Å². The van der Waals surface area contributed by atoms with Gasteiger partial charge in [0, 0.05) is 18.0 Å². The van der Waals surface area contributed by atoms with Crippen LogP contribution in [0.4, 0.5) is 4.79 Å². The van der Waals surface area contributed by atoms with Crippen molar-refractivity contribution in [3.63, 3.8) is 0 Å². The van der Waals surface area contributed by atoms with Gasteiger partial charge >= 0.3 is 6.03 Å². The Balaban J connectivity index is 1.85. The molecular weight excluding hydrogens is 310 g/mol. The number of nitrogens with zero attached hydrogens (tertiary/aromatic N) is 1. The zero-order valence-electron chi connectivity index (χ0n) is 14.3. The topological polar surface area (TPSA) is 64.6 Å². The maximum Gasteiger partial charge on any atom is 0.314 e. The van der Waals surface area contributed by atoms with Gasteiger partial charge in [-0.2, -0.15) is 0 Å². The minimum absolute atomic E-state index is 0.0891. The highest BCUT2D eigenvalue weighted by molar-refractivity contribution is 7.10. The highest BCUT2D eigenvalue weighted by Crippen LogP contribution is 2.27. The van der Waals surface area contributed by atoms with Gasteiger partial charge in [0.1, 0.15) is 0 Å². The fourth-order valence-electron chi connectivity index (χ4n) is 2.66. The Morgan fingerprint density at radius 3 is 2.65 bits per heavy atom. The lowest BCUT2D eigenvalue weighted by Crippen LogP contribution is -2.48. The molecule has 1 fully saturated rings. The summed E-state index contributed by atoms with van der Waals surface area (Å²) in [5.74, 6) is 0.0891. The summed E-state index contributed by atoms with van der Waals surface area (Å²) in [4.78, 5) is 15.8. The molecule has 5 nitrogen and oxygen atoms in total. The molecule has 1 aromatic rings. The number of carbonyl (C=O) groups excluding carboxylic acids is 1. The summed E-state index contributed by atoms with van der Waals surface area (Å²) in [5.41, 5.74) is -0.889. The maximum atomic E-state index is 12.1. The molecule has 0 bridgehead atoms. The second kappa shape index (κ2) is 8.13. The molecule has 1 saturated heterocycles. The molecule has 2 amide bonds. The van der Waals surface area contributed by atoms with Gasteiger partial charge in [-0.25, -0.2) is 4.79 Å². The SMILES string of the molecule is CC(C)C(C)(O)CNC(=O)NCC(c1cccs1)N1CCCC1. The third-order valence-corrected chi connectivity index (χ3v) is 5.73. The van der Waals surface area contributed by atoms with Crippen LogP contribution < -0.4 is 10.6 Å². The zero-order chi connectivity index (χ0) is 16.9. The van der Waals surface area contributed by atoms with E-state index in [9.17, 15) is 9.90 Å². The lowest BCUT2D eigenvalue weighted by Gasteiger charge is -2.29. The molecule has 1 aromatic heterocycles. The Kier molecular flexibility index (Phi) is 6.44. The Morgan fingerprint density at radius 1 is 1.39 bits per heavy atom. The first-order valence-electron chi connectivity index (χ1n) is 8.41. The van der Waals surface area contributed by atoms with Crippen LogP contribution in [0.15, 0.2) is 17.5 Å². The second-order valence-electron chi connectivity index (χ2n) is 6.85. The van der Waals surface area contributed by atoms with Gasteiger partial charge in [-0.15, -0.1) is 11.3 Å². The molecule has 0 spiro atoms. The second-order valence-corrected chi connectivity index (χ2v) is 7.83. The number of likely N-dealkylation sites (tertiary alicyclic amines) is 1. The molecule has 0 saturated carbocycles. The molecule has 0 radical (unpaired) electrons. The van der Waals surface area contributed by atoms with Crippen LogP contribution in [0.5, 0.6) is 0 Å². The van der Waals surface area contributed by atoms with Gasteiger partial charge in [-0.3, -0.25) is 4.90 Å². The quantitative estimate of drug-likeness (QED) is 0.715. The van der Waals surface area contributed by atoms with Crippen LogP contribution >= 0.6 is 11.3 Å². The number of hydrogen-bond acceptors (Lipinski definition) is 4. The first-order valence-corrected chi connectivity index (χ1v) is 9.29. The number of urea groups is 1. The van der Waals surface area contributed by atoms with Crippen LogP contribution in [-0.2, 0) is 0 Å². The molecular formula is C17H29N3O2S. The largest absolute Gasteiger partial charge is 0.388 e. The average molecular weight is 340 g/mol. The van der Waals surface area contributed by atoms with E-state index in [1.165, 1.54) is 17.7 Å². The summed E-state index contributed by atoms with van der Waals surface area (Å²) < 4.78 is 0. The van der Waals surface area contributed by atoms with Crippen molar-refractivity contribution >= 4 is 17.4 Å². The number of nitrogens with one attached hydrogen (secondary N) is 2. The molecule has 2 rings (SSSR count). The van der Waals surface area contributed by atoms with E-state index in [-0.39, 0.29) is 24.5 Å². The third-order valence-electron chi connectivity index (χ3n) is 4.76. The van der Waals surface area contributed by atoms with E-state index >= 15 is 0 Å². The van der Waals surface area contributed by atoms with Crippen LogP contribution in [0.3, 0.4) is 0 Å². The van der Waals surface area contributed by atoms with Crippen molar-refractivity contribution in [3.8, 4) is 0 Å². The van der Waals surface area contributed by atoms with Crippen molar-refractivity contribution in [3.05, 3.63) is 22.4 Å². The van der Waals surface area contributed by atoms with Crippen LogP contribution in [0.25, 0.3) is 0 Å². The van der Waals surface area contributed by atoms with Crippen LogP contribution in [-0.4, -0.2) is 47.8 Å². The number of aliphatic hydroxyl groups is 1. The van der Waals surface area contributed by atoms with E-state index in [0.29, 0.717) is 6.54 Å². The van der Waals surface area contributed by atoms with E-state index in [1.54, 1.807) is 18.3 Å². The van der Waals surface area contributed by atoms with Crippen molar-refractivity contribution in [2.75, 3.05) is 26.2 Å². The molecule has 0 aliphatic carbocycles. The summed E-state index contributed by atoms with van der Waals surface area (Å²) in [6.45, 7) is 8.66. The molecule has 1 aliphatic rings. The van der Waals surface area contributed by atoms with Crippen molar-refractivity contribution in [2.24, 2.45) is 5.92 Å². The van der Waals surface area contributed by atoms with E-state index in [4.69, 9.17) is 0 Å². The Bertz CT molecular complexity index is 482. The summed E-state index contributed by atoms with van der Waals surface area (Å²) in [6.07, 6.45) is 2.46. The fourth-order valence-corrected chi connectivity index (χ4v) is 3.52. The van der Waals surface area contributed by atoms with Crippen LogP contribution in [0.2, 0.25) is 0 Å². The summed E-state index contributed by atoms with van der Waals surface area (Å²) >= 11 is 1.74. The third kappa shape index (κ3) is 5.19. The van der Waals surface area contributed by atoms with Crippen LogP contribution in [0, 0.1) is 5.92 Å². The molecule has 0 aromatic carbocycles. The lowest BCUT2D eigenvalue weighted by atomic mass is 9.93. The van der Waals surface area contributed by atoms with Crippen molar-refractivity contribution in [1.82, 2.24) is 15.5 Å². The van der Waals surface area contributed by atoms with Gasteiger partial charge in [-0.05, 0) is 50.2 Å². The van der Waals surface area contributed by atoms with Gasteiger partial charge in [0.2, 0.25) is 0 Å². The van der Waals surface area contributed by atoms with Crippen molar-refractivity contribution in [1.29, 1.82) is 0 Å². The highest BCUT2D eigenvalue weighted by Gasteiger charge is 2.27. The van der Waals surface area contributed by atoms with Gasteiger partial charge in [0.15, 0.2) is 0 Å². The van der Waals surface area contributed by atoms with Gasteiger partial charge in [0.25, 0.3) is 0 Å². The van der Waals surface area contributed by atoms with Gasteiger partial charge in [0.05, 0.1) is 11.6 Å². The molecule has 2 heterocycles. The molecule has 2 atom stereocenters. The van der Waals surface area contributed by atoms with Gasteiger partial charge < -0.3 is 15.7 Å². The maximum absolute atomic E-state index is 12.1. The number of amides is 2. The minimum atomic E-state index is -0.889. The molecule has 1 aliphatic heterocycles. The molecule has 6 heteroatoms. The Hall–Kier alpha value is -1.11. The fraction of sp³-hybridized carbons (Fsp3) is 0.706. The standard InChI is InChI=1S/C17H29N3O2S/c1-13(2)17(3,22)12-19-16(21)18-11-14(15-7-6-10-23-15)20-8-4-5-9-20/h6-7,10,13-14,22H,4-5,8-9,11-12H2,1-3H3,(H2,18,19,21). The Morgan fingerprint density at radius 2 is 2.09 bits per heavy atom. The normalized spacial score (nSPS) is 19.5. The van der Waals surface area contributed by atoms with E-state index < -0.39 is 5.60 Å². The number of rotatable bonds is 7.